The summed E-state index contributed by atoms with van der Waals surface area (Å²) in [4.78, 5) is 20.9. The number of halogens is 5. The molecule has 178 valence electrons. The number of anilines is 1. The summed E-state index contributed by atoms with van der Waals surface area (Å²) in [7, 11) is -2.88. The summed E-state index contributed by atoms with van der Waals surface area (Å²) in [5.41, 5.74) is -0.115. The zero-order chi connectivity index (χ0) is 24.8. The number of carbonyl (C=O) groups excluding carboxylic acids is 1. The highest BCUT2D eigenvalue weighted by atomic mass is 35.5. The van der Waals surface area contributed by atoms with E-state index >= 15 is 0 Å². The van der Waals surface area contributed by atoms with Crippen molar-refractivity contribution >= 4 is 42.7 Å². The van der Waals surface area contributed by atoms with Crippen molar-refractivity contribution in [3.05, 3.63) is 53.2 Å². The van der Waals surface area contributed by atoms with Gasteiger partial charge in [-0.2, -0.15) is 13.2 Å². The number of pyridine rings is 1. The average Bonchev–Trinajstić information content (AvgIpc) is 3.11. The van der Waals surface area contributed by atoms with Crippen molar-refractivity contribution < 1.29 is 26.8 Å². The molecule has 1 unspecified atom stereocenters. The van der Waals surface area contributed by atoms with Crippen molar-refractivity contribution in [1.29, 1.82) is 0 Å². The van der Waals surface area contributed by atoms with Gasteiger partial charge in [0.2, 0.25) is 6.23 Å². The third kappa shape index (κ3) is 5.20. The van der Waals surface area contributed by atoms with Crippen LogP contribution in [0.2, 0.25) is 23.2 Å². The first kappa shape index (κ1) is 25.1. The average molecular weight is 503 g/mol. The van der Waals surface area contributed by atoms with Crippen LogP contribution in [0.3, 0.4) is 0 Å². The van der Waals surface area contributed by atoms with Crippen molar-refractivity contribution in [3.63, 3.8) is 0 Å². The maximum absolute atomic E-state index is 14.2. The first-order chi connectivity index (χ1) is 15.1. The minimum Gasteiger partial charge on any atom is -0.390 e. The lowest BCUT2D eigenvalue weighted by Crippen LogP contribution is -2.46. The number of carbonyl (C=O) groups is 1. The Morgan fingerprint density at radius 3 is 2.42 bits per heavy atom. The Labute approximate surface area is 194 Å². The van der Waals surface area contributed by atoms with Gasteiger partial charge in [-0.25, -0.2) is 14.4 Å². The third-order valence-electron chi connectivity index (χ3n) is 5.63. The summed E-state index contributed by atoms with van der Waals surface area (Å²) in [6, 6.07) is 4.83. The van der Waals surface area contributed by atoms with E-state index in [-0.39, 0.29) is 27.4 Å². The standard InChI is InChI=1S/C21H23ClF4N4O2Si/c1-20(2,3)33(4,5)32-19(21(24,25)26)30-11-28-17-16(30)13(8-9-27-17)18(31)29-12-6-7-15(23)14(22)10-12/h6-11,19H,1-5H3,(H,29,31). The molecule has 0 aliphatic rings. The second-order valence-corrected chi connectivity index (χ2v) is 14.2. The molecule has 12 heteroatoms. The van der Waals surface area contributed by atoms with Crippen molar-refractivity contribution in [2.75, 3.05) is 5.32 Å². The van der Waals surface area contributed by atoms with Gasteiger partial charge in [0.05, 0.1) is 10.6 Å². The maximum Gasteiger partial charge on any atom is 0.433 e. The lowest BCUT2D eigenvalue weighted by Gasteiger charge is -2.40. The molecule has 0 aliphatic heterocycles. The van der Waals surface area contributed by atoms with Crippen LogP contribution >= 0.6 is 11.6 Å². The minimum absolute atomic E-state index is 0.0483. The predicted octanol–water partition coefficient (Wildman–Crippen LogP) is 6.56. The molecule has 0 saturated carbocycles. The van der Waals surface area contributed by atoms with Crippen molar-refractivity contribution in [3.8, 4) is 0 Å². The Bertz CT molecular complexity index is 1190. The highest BCUT2D eigenvalue weighted by Crippen LogP contribution is 2.43. The molecule has 3 rings (SSSR count). The first-order valence-electron chi connectivity index (χ1n) is 9.94. The normalized spacial score (nSPS) is 13.9. The fourth-order valence-corrected chi connectivity index (χ4v) is 4.18. The highest BCUT2D eigenvalue weighted by molar-refractivity contribution is 6.74. The molecule has 33 heavy (non-hydrogen) atoms. The largest absolute Gasteiger partial charge is 0.433 e. The molecule has 2 heterocycles. The Balaban J connectivity index is 2.08. The topological polar surface area (TPSA) is 69.0 Å². The zero-order valence-corrected chi connectivity index (χ0v) is 20.3. The number of aromatic nitrogens is 3. The lowest BCUT2D eigenvalue weighted by molar-refractivity contribution is -0.224. The monoisotopic (exact) mass is 502 g/mol. The zero-order valence-electron chi connectivity index (χ0n) is 18.6. The molecular formula is C21H23ClF4N4O2Si. The number of nitrogens with one attached hydrogen (secondary N) is 1. The molecule has 2 aromatic heterocycles. The number of alkyl halides is 3. The summed E-state index contributed by atoms with van der Waals surface area (Å²) >= 11 is 5.75. The number of imidazole rings is 1. The number of nitrogens with zero attached hydrogens (tertiary/aromatic N) is 3. The number of hydrogen-bond donors (Lipinski definition) is 1. The van der Waals surface area contributed by atoms with Crippen LogP contribution in [0.4, 0.5) is 23.2 Å². The Morgan fingerprint density at radius 2 is 1.85 bits per heavy atom. The van der Waals surface area contributed by atoms with Crippen molar-refractivity contribution in [2.45, 2.75) is 51.3 Å². The number of fused-ring (bicyclic) bond motifs is 1. The van der Waals surface area contributed by atoms with E-state index in [4.69, 9.17) is 16.0 Å². The molecule has 1 N–H and O–H groups in total. The van der Waals surface area contributed by atoms with E-state index in [1.165, 1.54) is 24.4 Å². The van der Waals surface area contributed by atoms with Crippen LogP contribution in [0.5, 0.6) is 0 Å². The van der Waals surface area contributed by atoms with Gasteiger partial charge in [-0.3, -0.25) is 9.36 Å². The number of amides is 1. The first-order valence-corrected chi connectivity index (χ1v) is 13.2. The Kier molecular flexibility index (Phi) is 6.62. The van der Waals surface area contributed by atoms with E-state index in [9.17, 15) is 22.4 Å². The van der Waals surface area contributed by atoms with Crippen LogP contribution in [0, 0.1) is 5.82 Å². The Morgan fingerprint density at radius 1 is 1.18 bits per heavy atom. The highest BCUT2D eigenvalue weighted by Gasteiger charge is 2.49. The van der Waals surface area contributed by atoms with Gasteiger partial charge in [0.1, 0.15) is 17.7 Å². The molecule has 6 nitrogen and oxygen atoms in total. The molecule has 1 amide bonds. The summed E-state index contributed by atoms with van der Waals surface area (Å²) in [5.74, 6) is -1.41. The molecule has 0 aliphatic carbocycles. The van der Waals surface area contributed by atoms with Gasteiger partial charge in [0.25, 0.3) is 5.91 Å². The van der Waals surface area contributed by atoms with Gasteiger partial charge in [-0.1, -0.05) is 32.4 Å². The quantitative estimate of drug-likeness (QED) is 0.317. The molecule has 0 spiro atoms. The minimum atomic E-state index is -4.78. The number of benzene rings is 1. The van der Waals surface area contributed by atoms with Gasteiger partial charge in [-0.05, 0) is 42.4 Å². The van der Waals surface area contributed by atoms with Gasteiger partial charge in [0.15, 0.2) is 14.0 Å². The smallest absolute Gasteiger partial charge is 0.390 e. The number of rotatable bonds is 5. The van der Waals surface area contributed by atoms with Crippen molar-refractivity contribution in [1.82, 2.24) is 14.5 Å². The second-order valence-electron chi connectivity index (χ2n) is 9.04. The number of hydrogen-bond acceptors (Lipinski definition) is 4. The molecule has 0 bridgehead atoms. The summed E-state index contributed by atoms with van der Waals surface area (Å²) < 4.78 is 62.4. The summed E-state index contributed by atoms with van der Waals surface area (Å²) in [6.07, 6.45) is -4.91. The molecule has 1 aromatic carbocycles. The fourth-order valence-electron chi connectivity index (χ4n) is 2.84. The molecule has 1 atom stereocenters. The predicted molar refractivity (Wildman–Crippen MR) is 120 cm³/mol. The van der Waals surface area contributed by atoms with E-state index in [2.05, 4.69) is 15.3 Å². The van der Waals surface area contributed by atoms with Gasteiger partial charge in [-0.15, -0.1) is 0 Å². The second kappa shape index (κ2) is 8.69. The molecular weight excluding hydrogens is 480 g/mol. The van der Waals surface area contributed by atoms with Crippen molar-refractivity contribution in [2.24, 2.45) is 0 Å². The maximum atomic E-state index is 14.2. The van der Waals surface area contributed by atoms with E-state index in [0.717, 1.165) is 17.0 Å². The van der Waals surface area contributed by atoms with Crippen LogP contribution in [-0.4, -0.2) is 34.9 Å². The van der Waals surface area contributed by atoms with Gasteiger partial charge in [0, 0.05) is 11.9 Å². The van der Waals surface area contributed by atoms with Gasteiger partial charge >= 0.3 is 6.18 Å². The molecule has 0 saturated heterocycles. The fraction of sp³-hybridized carbons (Fsp3) is 0.381. The SMILES string of the molecule is CC(C)(C)[Si](C)(C)OC(n1cnc2nccc(C(=O)Nc3ccc(F)c(Cl)c3)c21)C(F)(F)F. The van der Waals surface area contributed by atoms with Crippen LogP contribution in [-0.2, 0) is 4.43 Å². The van der Waals surface area contributed by atoms with E-state index in [1.54, 1.807) is 13.1 Å². The van der Waals surface area contributed by atoms with Crippen LogP contribution < -0.4 is 5.32 Å². The van der Waals surface area contributed by atoms with Gasteiger partial charge < -0.3 is 9.74 Å². The summed E-state index contributed by atoms with van der Waals surface area (Å²) in [5, 5.41) is 1.81. The Hall–Kier alpha value is -2.50. The molecule has 3 aromatic rings. The van der Waals surface area contributed by atoms with E-state index in [0.29, 0.717) is 0 Å². The molecule has 0 fully saturated rings. The summed E-state index contributed by atoms with van der Waals surface area (Å²) in [6.45, 7) is 8.89. The van der Waals surface area contributed by atoms with E-state index in [1.807, 2.05) is 20.8 Å². The third-order valence-corrected chi connectivity index (χ3v) is 10.3. The molecule has 0 radical (unpaired) electrons. The van der Waals surface area contributed by atoms with Crippen LogP contribution in [0.1, 0.15) is 37.4 Å². The van der Waals surface area contributed by atoms with Crippen LogP contribution in [0.15, 0.2) is 36.8 Å². The van der Waals surface area contributed by atoms with E-state index < -0.39 is 37.5 Å². The van der Waals surface area contributed by atoms with Crippen LogP contribution in [0.25, 0.3) is 11.2 Å². The lowest BCUT2D eigenvalue weighted by atomic mass is 10.2.